The van der Waals surface area contributed by atoms with Crippen molar-refractivity contribution >= 4 is 8.22 Å². The summed E-state index contributed by atoms with van der Waals surface area (Å²) < 4.78 is -0.796. The fraction of sp³-hybridized carbons (Fsp3) is 0. The molecule has 38 valence electrons. The quantitative estimate of drug-likeness (QED) is 0.299. The highest BCUT2D eigenvalue weighted by Gasteiger charge is 2.12. The van der Waals surface area contributed by atoms with E-state index in [9.17, 15) is 10.1 Å². The maximum atomic E-state index is 9.42. The maximum absolute atomic E-state index is 9.42. The lowest BCUT2D eigenvalue weighted by molar-refractivity contribution is -0.300. The number of hydrogen-bond acceptors (Lipinski definition) is 4. The molecule has 0 saturated heterocycles. The summed E-state index contributed by atoms with van der Waals surface area (Å²) in [4.78, 5) is 9.42. The largest absolute Gasteiger partial charge is 0.431 e. The molecule has 1 unspecified atom stereocenters. The van der Waals surface area contributed by atoms with Gasteiger partial charge in [0.15, 0.2) is 5.81 Å². The molecule has 0 aromatic carbocycles. The monoisotopic (exact) mass is 119 g/mol. The van der Waals surface area contributed by atoms with Crippen LogP contribution in [0.2, 0.25) is 0 Å². The molecule has 7 heavy (non-hydrogen) atoms. The molecule has 0 bridgehead atoms. The molecule has 5 nitrogen and oxygen atoms in total. The van der Waals surface area contributed by atoms with Crippen LogP contribution in [0.3, 0.4) is 0 Å². The van der Waals surface area contributed by atoms with E-state index in [-0.39, 0.29) is 0 Å². The summed E-state index contributed by atoms with van der Waals surface area (Å²) in [6.45, 7) is 0. The van der Waals surface area contributed by atoms with Crippen molar-refractivity contribution in [2.24, 2.45) is 5.50 Å². The molecule has 0 rings (SSSR count). The Balaban J connectivity index is 3.63. The van der Waals surface area contributed by atoms with Gasteiger partial charge in [-0.05, 0) is 0 Å². The third-order valence-electron chi connectivity index (χ3n) is 0.278. The van der Waals surface area contributed by atoms with Crippen LogP contribution >= 0.6 is 8.22 Å². The lowest BCUT2D eigenvalue weighted by atomic mass is 11.8. The summed E-state index contributed by atoms with van der Waals surface area (Å²) in [6.07, 6.45) is 0. The van der Waals surface area contributed by atoms with Crippen LogP contribution in [-0.4, -0.2) is 4.69 Å². The first kappa shape index (κ1) is 6.28. The Morgan fingerprint density at radius 1 is 2.00 bits per heavy atom. The number of nitrogens with zero attached hydrogens (tertiary/aromatic N) is 2. The van der Waals surface area contributed by atoms with Crippen LogP contribution in [0, 0.1) is 21.2 Å². The van der Waals surface area contributed by atoms with Crippen LogP contribution in [0.5, 0.6) is 0 Å². The van der Waals surface area contributed by atoms with E-state index in [2.05, 4.69) is 5.50 Å². The molecule has 0 aromatic rings. The molecule has 0 fully saturated rings. The van der Waals surface area contributed by atoms with Crippen LogP contribution in [0.4, 0.5) is 0 Å². The molecule has 6 heteroatoms. The first-order valence-corrected chi connectivity index (χ1v) is 2.63. The minimum atomic E-state index is -2.11. The third-order valence-corrected chi connectivity index (χ3v) is 0.835. The lowest BCUT2D eigenvalue weighted by Crippen LogP contribution is -1.95. The lowest BCUT2D eigenvalue weighted by Gasteiger charge is -1.82. The maximum Gasteiger partial charge on any atom is 0.431 e. The second kappa shape index (κ2) is 2.45. The topological polar surface area (TPSA) is 93.0 Å². The molecule has 0 aliphatic carbocycles. The van der Waals surface area contributed by atoms with Crippen molar-refractivity contribution in [3.8, 4) is 5.81 Å². The molecule has 2 N–H and O–H groups in total. The van der Waals surface area contributed by atoms with Gasteiger partial charge in [0.05, 0.1) is 4.69 Å². The van der Waals surface area contributed by atoms with Gasteiger partial charge in [-0.15, -0.1) is 0 Å². The number of hydrogen-bond donors (Lipinski definition) is 1. The zero-order chi connectivity index (χ0) is 5.86. The molecular weight excluding hydrogens is 117 g/mol. The fourth-order valence-corrected chi connectivity index (χ4v) is 0.110. The zero-order valence-electron chi connectivity index (χ0n) is 3.24. The van der Waals surface area contributed by atoms with Gasteiger partial charge >= 0.3 is 8.22 Å². The van der Waals surface area contributed by atoms with Crippen molar-refractivity contribution in [1.82, 2.24) is 0 Å². The van der Waals surface area contributed by atoms with E-state index in [0.717, 1.165) is 0 Å². The summed E-state index contributed by atoms with van der Waals surface area (Å²) in [5, 5.41) is 17.1. The standard InChI is InChI=1S/CH2N3O2P/c2-1-7(3)4(5)6/h3H2. The van der Waals surface area contributed by atoms with Crippen molar-refractivity contribution in [2.45, 2.75) is 0 Å². The second-order valence-corrected chi connectivity index (χ2v) is 1.90. The van der Waals surface area contributed by atoms with Crippen molar-refractivity contribution in [3.63, 3.8) is 0 Å². The van der Waals surface area contributed by atoms with Gasteiger partial charge < -0.3 is 0 Å². The molecule has 0 radical (unpaired) electrons. The Hall–Kier alpha value is -0.720. The third kappa shape index (κ3) is 2.04. The summed E-state index contributed by atoms with van der Waals surface area (Å²) in [6, 6.07) is 0. The average Bonchev–Trinajstić information content (AvgIpc) is 1.65. The number of nitriles is 1. The van der Waals surface area contributed by atoms with E-state index in [1.165, 1.54) is 5.81 Å². The SMILES string of the molecule is N#CP(N)[N+](=O)[O-]. The zero-order valence-corrected chi connectivity index (χ0v) is 4.13. The van der Waals surface area contributed by atoms with Gasteiger partial charge in [0.2, 0.25) is 0 Å². The van der Waals surface area contributed by atoms with Gasteiger partial charge in [-0.2, -0.15) is 5.26 Å². The second-order valence-electron chi connectivity index (χ2n) is 0.682. The van der Waals surface area contributed by atoms with Crippen LogP contribution < -0.4 is 5.50 Å². The van der Waals surface area contributed by atoms with Gasteiger partial charge in [-0.1, -0.05) is 0 Å². The Bertz CT molecular complexity index is 117. The van der Waals surface area contributed by atoms with Gasteiger partial charge in [0, 0.05) is 0 Å². The predicted molar refractivity (Wildman–Crippen MR) is 23.7 cm³/mol. The Kier molecular flexibility index (Phi) is 2.20. The molecule has 0 spiro atoms. The predicted octanol–water partition coefficient (Wildman–Crippen LogP) is 0.0148. The number of nitro groups is 1. The van der Waals surface area contributed by atoms with E-state index >= 15 is 0 Å². The van der Waals surface area contributed by atoms with Gasteiger partial charge in [-0.3, -0.25) is 10.1 Å². The van der Waals surface area contributed by atoms with E-state index in [0.29, 0.717) is 0 Å². The van der Waals surface area contributed by atoms with Crippen molar-refractivity contribution in [2.75, 3.05) is 0 Å². The minimum absolute atomic E-state index is 0.796. The first-order valence-electron chi connectivity index (χ1n) is 1.27. The minimum Gasteiger partial charge on any atom is -0.261 e. The molecule has 0 aliphatic heterocycles. The fourth-order valence-electron chi connectivity index (χ4n) is 0.0365. The van der Waals surface area contributed by atoms with Crippen molar-refractivity contribution < 1.29 is 4.69 Å². The van der Waals surface area contributed by atoms with Crippen molar-refractivity contribution in [3.05, 3.63) is 10.1 Å². The van der Waals surface area contributed by atoms with E-state index < -0.39 is 12.9 Å². The number of nitrogens with two attached hydrogens (primary N) is 1. The van der Waals surface area contributed by atoms with Gasteiger partial charge in [-0.25, -0.2) is 5.50 Å². The molecule has 0 aromatic heterocycles. The number of rotatable bonds is 1. The highest BCUT2D eigenvalue weighted by atomic mass is 31.1. The Labute approximate surface area is 40.7 Å². The van der Waals surface area contributed by atoms with Crippen LogP contribution in [-0.2, 0) is 0 Å². The molecular formula is CH2N3O2P. The molecule has 0 aliphatic rings. The van der Waals surface area contributed by atoms with Crippen LogP contribution in [0.15, 0.2) is 0 Å². The summed E-state index contributed by atoms with van der Waals surface area (Å²) in [7, 11) is -2.11. The first-order chi connectivity index (χ1) is 3.18. The normalized spacial score (nSPS) is 12.0. The Morgan fingerprint density at radius 2 is 2.43 bits per heavy atom. The van der Waals surface area contributed by atoms with Crippen LogP contribution in [0.25, 0.3) is 0 Å². The van der Waals surface area contributed by atoms with E-state index in [4.69, 9.17) is 5.26 Å². The molecule has 0 saturated carbocycles. The van der Waals surface area contributed by atoms with Crippen molar-refractivity contribution in [1.29, 1.82) is 5.26 Å². The van der Waals surface area contributed by atoms with Gasteiger partial charge in [0.25, 0.3) is 0 Å². The average molecular weight is 119 g/mol. The Morgan fingerprint density at radius 3 is 2.43 bits per heavy atom. The summed E-state index contributed by atoms with van der Waals surface area (Å²) >= 11 is 0. The highest BCUT2D eigenvalue weighted by Crippen LogP contribution is 2.20. The summed E-state index contributed by atoms with van der Waals surface area (Å²) in [5.74, 6) is 1.31. The molecule has 0 heterocycles. The molecule has 0 amide bonds. The molecule has 1 atom stereocenters. The summed E-state index contributed by atoms with van der Waals surface area (Å²) in [5.41, 5.74) is 4.62. The highest BCUT2D eigenvalue weighted by molar-refractivity contribution is 7.53. The van der Waals surface area contributed by atoms with Gasteiger partial charge in [0.1, 0.15) is 0 Å². The van der Waals surface area contributed by atoms with Crippen LogP contribution in [0.1, 0.15) is 0 Å². The van der Waals surface area contributed by atoms with E-state index in [1.807, 2.05) is 0 Å². The van der Waals surface area contributed by atoms with E-state index in [1.54, 1.807) is 0 Å². The smallest absolute Gasteiger partial charge is 0.261 e.